The highest BCUT2D eigenvalue weighted by Crippen LogP contribution is 2.36. The molecule has 61 heavy (non-hydrogen) atoms. The number of nitrogens with zero attached hydrogens (tertiary/aromatic N) is 5. The maximum absolute atomic E-state index is 13.7. The first-order valence-electron chi connectivity index (χ1n) is 20.0. The van der Waals surface area contributed by atoms with E-state index in [1.54, 1.807) is 36.4 Å². The molecule has 15 nitrogen and oxygen atoms in total. The van der Waals surface area contributed by atoms with Gasteiger partial charge in [0, 0.05) is 73.7 Å². The number of carbonyl (C=O) groups is 6. The molecule has 0 spiro atoms. The highest BCUT2D eigenvalue weighted by molar-refractivity contribution is 7.99. The summed E-state index contributed by atoms with van der Waals surface area (Å²) in [7, 11) is 1.50. The predicted molar refractivity (Wildman–Crippen MR) is 228 cm³/mol. The van der Waals surface area contributed by atoms with Gasteiger partial charge in [-0.1, -0.05) is 36.6 Å². The second-order valence-corrected chi connectivity index (χ2v) is 16.3. The molecule has 4 aromatic rings. The number of ether oxygens (including phenoxy) is 1. The van der Waals surface area contributed by atoms with Crippen molar-refractivity contribution in [3.63, 3.8) is 0 Å². The molecule has 318 valence electrons. The molecule has 3 N–H and O–H groups in total. The van der Waals surface area contributed by atoms with Gasteiger partial charge < -0.3 is 20.3 Å². The fraction of sp³-hybridized carbons (Fsp3) is 0.349. The summed E-state index contributed by atoms with van der Waals surface area (Å²) >= 11 is 7.45. The molecule has 2 saturated heterocycles. The zero-order valence-corrected chi connectivity index (χ0v) is 35.0. The number of nitrogens with one attached hydrogen (secondary N) is 3. The number of piperazine rings is 1. The standard InChI is InChI=1S/C43H44ClFN8O7S/c1-60-34-24-31-28(40(47-25-46-31)48-26-12-13-30(45)29(44)22-26)23-32(34)49-36(54)10-7-16-51-17-19-52(20-18-51)38(56)11-4-2-3-5-21-61-35-9-6-8-27-39(35)43(59)53(42(27)58)33-14-15-37(55)50-41(33)57/h6-10,12-13,22-25,33H,2-5,11,14-21H2,1H3,(H,49,54)(H,46,47,48)(H,50,55,57)/b10-7+. The van der Waals surface area contributed by atoms with Gasteiger partial charge in [-0.2, -0.15) is 0 Å². The SMILES string of the molecule is COc1cc2ncnc(Nc3ccc(F)c(Cl)c3)c2cc1NC(=O)/C=C/CN1CCN(C(=O)CCCCCCSc2cccc3c2C(=O)N(C2CCC(=O)NC2=O)C3=O)CC1. The van der Waals surface area contributed by atoms with Crippen molar-refractivity contribution >= 4 is 86.9 Å². The van der Waals surface area contributed by atoms with Crippen LogP contribution in [-0.4, -0.2) is 112 Å². The van der Waals surface area contributed by atoms with Gasteiger partial charge in [0.15, 0.2) is 0 Å². The topological polar surface area (TPSA) is 183 Å². The van der Waals surface area contributed by atoms with E-state index in [1.807, 2.05) is 4.90 Å². The molecule has 0 saturated carbocycles. The fourth-order valence-electron chi connectivity index (χ4n) is 7.50. The summed E-state index contributed by atoms with van der Waals surface area (Å²) in [5, 5.41) is 8.78. The van der Waals surface area contributed by atoms with Crippen molar-refractivity contribution in [1.29, 1.82) is 0 Å². The second-order valence-electron chi connectivity index (χ2n) is 14.8. The summed E-state index contributed by atoms with van der Waals surface area (Å²) in [6.45, 7) is 3.13. The van der Waals surface area contributed by atoms with Crippen LogP contribution in [0.2, 0.25) is 5.02 Å². The minimum absolute atomic E-state index is 0.0344. The molecule has 4 heterocycles. The average molecular weight is 871 g/mol. The summed E-state index contributed by atoms with van der Waals surface area (Å²) in [5.74, 6) is -1.26. The Bertz CT molecular complexity index is 2410. The van der Waals surface area contributed by atoms with Gasteiger partial charge in [0.2, 0.25) is 23.6 Å². The Hall–Kier alpha value is -5.91. The summed E-state index contributed by atoms with van der Waals surface area (Å²) in [5.41, 5.74) is 2.09. The lowest BCUT2D eigenvalue weighted by molar-refractivity contribution is -0.136. The summed E-state index contributed by atoms with van der Waals surface area (Å²) in [4.78, 5) is 90.7. The molecule has 0 bridgehead atoms. The Morgan fingerprint density at radius 3 is 2.57 bits per heavy atom. The van der Waals surface area contributed by atoms with Gasteiger partial charge in [0.25, 0.3) is 11.8 Å². The number of imide groups is 2. The molecule has 18 heteroatoms. The molecule has 2 fully saturated rings. The Labute approximate surface area is 360 Å². The first-order chi connectivity index (χ1) is 29.5. The van der Waals surface area contributed by atoms with E-state index in [0.29, 0.717) is 83.4 Å². The van der Waals surface area contributed by atoms with E-state index in [9.17, 15) is 33.2 Å². The maximum atomic E-state index is 13.7. The minimum atomic E-state index is -0.998. The third kappa shape index (κ3) is 10.2. The van der Waals surface area contributed by atoms with E-state index in [1.165, 1.54) is 49.5 Å². The quantitative estimate of drug-likeness (QED) is 0.0521. The van der Waals surface area contributed by atoms with Crippen LogP contribution in [0.15, 0.2) is 71.9 Å². The van der Waals surface area contributed by atoms with Gasteiger partial charge in [-0.05, 0) is 61.4 Å². The zero-order chi connectivity index (χ0) is 43.0. The number of rotatable bonds is 16. The van der Waals surface area contributed by atoms with Gasteiger partial charge >= 0.3 is 0 Å². The number of aromatic nitrogens is 2. The van der Waals surface area contributed by atoms with E-state index in [4.69, 9.17) is 16.3 Å². The lowest BCUT2D eigenvalue weighted by Crippen LogP contribution is -2.54. The summed E-state index contributed by atoms with van der Waals surface area (Å²) < 4.78 is 19.2. The average Bonchev–Trinajstić information content (AvgIpc) is 3.50. The first-order valence-corrected chi connectivity index (χ1v) is 21.4. The second kappa shape index (κ2) is 19.6. The number of thioether (sulfide) groups is 1. The van der Waals surface area contributed by atoms with Crippen LogP contribution in [0.3, 0.4) is 0 Å². The van der Waals surface area contributed by atoms with Crippen LogP contribution >= 0.6 is 23.4 Å². The van der Waals surface area contributed by atoms with Crippen LogP contribution in [0.1, 0.15) is 65.7 Å². The molecule has 3 aromatic carbocycles. The van der Waals surface area contributed by atoms with Crippen molar-refractivity contribution in [2.45, 2.75) is 55.9 Å². The molecule has 3 aliphatic rings. The third-order valence-corrected chi connectivity index (χ3v) is 12.2. The number of halogens is 2. The molecule has 3 aliphatic heterocycles. The Morgan fingerprint density at radius 1 is 1.00 bits per heavy atom. The van der Waals surface area contributed by atoms with Crippen molar-refractivity contribution in [1.82, 2.24) is 30.0 Å². The van der Waals surface area contributed by atoms with Gasteiger partial charge in [-0.15, -0.1) is 11.8 Å². The molecule has 1 aromatic heterocycles. The molecule has 0 aliphatic carbocycles. The molecule has 0 radical (unpaired) electrons. The number of methoxy groups -OCH3 is 1. The van der Waals surface area contributed by atoms with E-state index >= 15 is 0 Å². The molecule has 7 rings (SSSR count). The number of fused-ring (bicyclic) bond motifs is 2. The molecule has 1 unspecified atom stereocenters. The van der Waals surface area contributed by atoms with Gasteiger partial charge in [0.05, 0.1) is 34.5 Å². The highest BCUT2D eigenvalue weighted by Gasteiger charge is 2.45. The number of hydrogen-bond donors (Lipinski definition) is 3. The Kier molecular flexibility index (Phi) is 13.9. The van der Waals surface area contributed by atoms with Crippen molar-refractivity contribution in [2.75, 3.05) is 56.2 Å². The number of amides is 6. The number of carbonyl (C=O) groups excluding carboxylic acids is 6. The largest absolute Gasteiger partial charge is 0.494 e. The molecular weight excluding hydrogens is 827 g/mol. The lowest BCUT2D eigenvalue weighted by Gasteiger charge is -2.34. The molecule has 1 atom stereocenters. The minimum Gasteiger partial charge on any atom is -0.494 e. The number of hydrogen-bond acceptors (Lipinski definition) is 12. The monoisotopic (exact) mass is 870 g/mol. The van der Waals surface area contributed by atoms with Crippen LogP contribution in [-0.2, 0) is 19.2 Å². The van der Waals surface area contributed by atoms with Crippen LogP contribution in [0.4, 0.5) is 21.6 Å². The van der Waals surface area contributed by atoms with Crippen LogP contribution in [0.5, 0.6) is 5.75 Å². The van der Waals surface area contributed by atoms with E-state index in [-0.39, 0.29) is 35.2 Å². The van der Waals surface area contributed by atoms with E-state index in [2.05, 4.69) is 30.8 Å². The normalized spacial score (nSPS) is 16.9. The number of unbranched alkanes of at least 4 members (excludes halogenated alkanes) is 3. The number of anilines is 3. The van der Waals surface area contributed by atoms with Gasteiger partial charge in [-0.25, -0.2) is 14.4 Å². The van der Waals surface area contributed by atoms with Crippen molar-refractivity contribution in [2.24, 2.45) is 0 Å². The van der Waals surface area contributed by atoms with Gasteiger partial charge in [-0.3, -0.25) is 43.9 Å². The summed E-state index contributed by atoms with van der Waals surface area (Å²) in [6, 6.07) is 11.8. The zero-order valence-electron chi connectivity index (χ0n) is 33.4. The smallest absolute Gasteiger partial charge is 0.263 e. The van der Waals surface area contributed by atoms with Crippen LogP contribution < -0.4 is 20.7 Å². The van der Waals surface area contributed by atoms with Crippen molar-refractivity contribution in [3.8, 4) is 5.75 Å². The Morgan fingerprint density at radius 2 is 1.80 bits per heavy atom. The van der Waals surface area contributed by atoms with E-state index in [0.717, 1.165) is 36.3 Å². The number of piperidine rings is 1. The number of benzene rings is 3. The predicted octanol–water partition coefficient (Wildman–Crippen LogP) is 5.96. The first kappa shape index (κ1) is 43.2. The lowest BCUT2D eigenvalue weighted by atomic mass is 10.0. The van der Waals surface area contributed by atoms with Crippen LogP contribution in [0, 0.1) is 5.82 Å². The highest BCUT2D eigenvalue weighted by atomic mass is 35.5. The fourth-order valence-corrected chi connectivity index (χ4v) is 8.77. The van der Waals surface area contributed by atoms with Gasteiger partial charge in [0.1, 0.15) is 29.8 Å². The summed E-state index contributed by atoms with van der Waals surface area (Å²) in [6.07, 6.45) is 8.71. The van der Waals surface area contributed by atoms with Crippen molar-refractivity contribution in [3.05, 3.63) is 89.0 Å². The van der Waals surface area contributed by atoms with Crippen LogP contribution in [0.25, 0.3) is 10.9 Å². The third-order valence-electron chi connectivity index (χ3n) is 10.7. The molecular formula is C43H44ClFN8O7S. The Balaban J connectivity index is 0.802. The molecule has 6 amide bonds. The van der Waals surface area contributed by atoms with E-state index < -0.39 is 35.5 Å². The van der Waals surface area contributed by atoms with Crippen molar-refractivity contribution < 1.29 is 37.9 Å². The maximum Gasteiger partial charge on any atom is 0.263 e.